The molecule has 0 radical (unpaired) electrons. The van der Waals surface area contributed by atoms with Gasteiger partial charge in [0, 0.05) is 0 Å². The van der Waals surface area contributed by atoms with Crippen molar-refractivity contribution >= 4 is 54.3 Å². The third kappa shape index (κ3) is 7.77. The number of rotatable bonds is 10. The van der Waals surface area contributed by atoms with Crippen molar-refractivity contribution in [3.63, 3.8) is 0 Å². The molecule has 1 aliphatic rings. The average molecular weight is 667 g/mol. The van der Waals surface area contributed by atoms with Crippen LogP contribution in [-0.4, -0.2) is 61.7 Å². The molecule has 0 aliphatic carbocycles. The Morgan fingerprint density at radius 3 is 2.63 bits per heavy atom. The summed E-state index contributed by atoms with van der Waals surface area (Å²) in [6.45, 7) is 14.6. The summed E-state index contributed by atoms with van der Waals surface area (Å²) in [5.41, 5.74) is -0.542. The van der Waals surface area contributed by atoms with E-state index in [9.17, 15) is 19.7 Å². The molecule has 3 rings (SSSR count). The second-order valence-electron chi connectivity index (χ2n) is 10.7. The summed E-state index contributed by atoms with van der Waals surface area (Å²) >= 11 is 5.61. The number of H-pyrrole nitrogens is 1. The van der Waals surface area contributed by atoms with E-state index < -0.39 is 47.9 Å². The van der Waals surface area contributed by atoms with Crippen molar-refractivity contribution in [1.82, 2.24) is 9.55 Å². The van der Waals surface area contributed by atoms with Crippen molar-refractivity contribution < 1.29 is 18.6 Å². The van der Waals surface area contributed by atoms with Crippen LogP contribution in [0.4, 0.5) is 5.69 Å². The molecule has 2 heterocycles. The molecule has 38 heavy (non-hydrogen) atoms. The van der Waals surface area contributed by atoms with Crippen molar-refractivity contribution in [3.05, 3.63) is 67.0 Å². The fourth-order valence-corrected chi connectivity index (χ4v) is 14.7. The van der Waals surface area contributed by atoms with E-state index in [0.29, 0.717) is 16.9 Å². The summed E-state index contributed by atoms with van der Waals surface area (Å²) in [6, 6.07) is 6.59. The quantitative estimate of drug-likeness (QED) is 0.165. The molecule has 210 valence electrons. The number of hydrogen-bond acceptors (Lipinski definition) is 9. The number of nitro benzene ring substituents is 1. The number of para-hydroxylation sites is 1. The van der Waals surface area contributed by atoms with Gasteiger partial charge in [0.1, 0.15) is 0 Å². The number of nitrogens with one attached hydrogen (secondary N) is 1. The maximum atomic E-state index is 12.6. The van der Waals surface area contributed by atoms with Crippen molar-refractivity contribution in [2.24, 2.45) is 0 Å². The zero-order valence-corrected chi connectivity index (χ0v) is 27.7. The van der Waals surface area contributed by atoms with Gasteiger partial charge in [-0.2, -0.15) is 0 Å². The summed E-state index contributed by atoms with van der Waals surface area (Å²) in [5, 5.41) is 11.4. The molecule has 15 heteroatoms. The molecule has 1 saturated heterocycles. The number of ether oxygens (including phenoxy) is 1. The van der Waals surface area contributed by atoms with Gasteiger partial charge in [0.2, 0.25) is 0 Å². The van der Waals surface area contributed by atoms with E-state index >= 15 is 0 Å². The van der Waals surface area contributed by atoms with Gasteiger partial charge in [0.05, 0.1) is 0 Å². The fourth-order valence-electron chi connectivity index (χ4n) is 3.49. The van der Waals surface area contributed by atoms with Gasteiger partial charge in [0.25, 0.3) is 0 Å². The molecule has 1 aromatic heterocycles. The van der Waals surface area contributed by atoms with Crippen LogP contribution >= 0.6 is 15.1 Å². The van der Waals surface area contributed by atoms with Gasteiger partial charge in [-0.3, -0.25) is 0 Å². The molecule has 0 spiro atoms. The number of aryl methyl sites for hydroxylation is 1. The van der Waals surface area contributed by atoms with E-state index in [1.54, 1.807) is 25.1 Å². The number of nitrogens with zero attached hydrogens (tertiary/aromatic N) is 2. The van der Waals surface area contributed by atoms with Crippen LogP contribution in [0, 0.1) is 17.0 Å². The topological polar surface area (TPSA) is 126 Å². The number of hydrogen-bond donors (Lipinski definition) is 1. The van der Waals surface area contributed by atoms with Crippen molar-refractivity contribution in [3.8, 4) is 0 Å². The fraction of sp³-hybridized carbons (Fsp3) is 0.565. The molecule has 1 unspecified atom stereocenters. The van der Waals surface area contributed by atoms with Crippen molar-refractivity contribution in [1.29, 1.82) is 0 Å². The Labute approximate surface area is 237 Å². The van der Waals surface area contributed by atoms with Crippen LogP contribution in [0.15, 0.2) is 44.9 Å². The van der Waals surface area contributed by atoms with Crippen LogP contribution in [-0.2, 0) is 25.5 Å². The van der Waals surface area contributed by atoms with Gasteiger partial charge in [-0.25, -0.2) is 0 Å². The van der Waals surface area contributed by atoms with Crippen molar-refractivity contribution in [2.75, 3.05) is 13.3 Å². The first-order chi connectivity index (χ1) is 17.5. The third-order valence-electron chi connectivity index (χ3n) is 6.70. The SMILES string of the molecule is Cc1cn([C@H]2C[C@H](OP(C)(=S)[Se]Sc3ccccc3[N+](=O)[O-])[C@@H](CO[Si](C)(C)C(C)(C)C)O2)c(=O)[nH]c1=O. The van der Waals surface area contributed by atoms with Gasteiger partial charge >= 0.3 is 238 Å². The molecule has 1 aromatic carbocycles. The summed E-state index contributed by atoms with van der Waals surface area (Å²) in [5.74, 6) is 0. The summed E-state index contributed by atoms with van der Waals surface area (Å²) in [4.78, 5) is 36.0. The zero-order valence-electron chi connectivity index (χ0n) is 22.5. The minimum atomic E-state index is -2.37. The molecule has 0 bridgehead atoms. The normalized spacial score (nSPS) is 21.8. The Kier molecular flexibility index (Phi) is 10.1. The van der Waals surface area contributed by atoms with Gasteiger partial charge in [-0.05, 0) is 0 Å². The molecular formula is C23H34N3O7PS2SeSi. The minimum absolute atomic E-state index is 0.00198. The second-order valence-corrected chi connectivity index (χ2v) is 30.4. The second kappa shape index (κ2) is 12.2. The van der Waals surface area contributed by atoms with Crippen LogP contribution in [0.1, 0.15) is 39.0 Å². The van der Waals surface area contributed by atoms with Crippen LogP contribution in [0.3, 0.4) is 0 Å². The van der Waals surface area contributed by atoms with Gasteiger partial charge < -0.3 is 0 Å². The van der Waals surface area contributed by atoms with E-state index in [1.807, 2.05) is 6.66 Å². The van der Waals surface area contributed by atoms with Crippen LogP contribution in [0.5, 0.6) is 0 Å². The Morgan fingerprint density at radius 1 is 1.34 bits per heavy atom. The van der Waals surface area contributed by atoms with Crippen LogP contribution in [0.25, 0.3) is 0 Å². The summed E-state index contributed by atoms with van der Waals surface area (Å²) in [7, 11) is -0.726. The third-order valence-corrected chi connectivity index (χ3v) is 25.1. The first-order valence-electron chi connectivity index (χ1n) is 12.0. The molecule has 1 fully saturated rings. The molecule has 2 aromatic rings. The molecular weight excluding hydrogens is 632 g/mol. The van der Waals surface area contributed by atoms with E-state index in [4.69, 9.17) is 25.5 Å². The number of aromatic nitrogens is 2. The Bertz CT molecular complexity index is 1350. The van der Waals surface area contributed by atoms with E-state index in [0.717, 1.165) is 0 Å². The molecule has 1 N–H and O–H groups in total. The Hall–Kier alpha value is -1.08. The summed E-state index contributed by atoms with van der Waals surface area (Å²) < 4.78 is 20.6. The zero-order chi connectivity index (χ0) is 28.5. The van der Waals surface area contributed by atoms with Crippen LogP contribution in [0.2, 0.25) is 18.1 Å². The molecule has 0 amide bonds. The van der Waals surface area contributed by atoms with E-state index in [2.05, 4.69) is 38.8 Å². The van der Waals surface area contributed by atoms with Gasteiger partial charge in [0.15, 0.2) is 0 Å². The Morgan fingerprint density at radius 2 is 2.00 bits per heavy atom. The van der Waals surface area contributed by atoms with E-state index in [1.165, 1.54) is 27.0 Å². The van der Waals surface area contributed by atoms with Crippen molar-refractivity contribution in [2.45, 2.75) is 75.6 Å². The van der Waals surface area contributed by atoms with Gasteiger partial charge in [-0.1, -0.05) is 0 Å². The monoisotopic (exact) mass is 667 g/mol. The maximum absolute atomic E-state index is 12.6. The first kappa shape index (κ1) is 31.4. The van der Waals surface area contributed by atoms with Gasteiger partial charge in [-0.15, -0.1) is 0 Å². The molecule has 0 saturated carbocycles. The summed E-state index contributed by atoms with van der Waals surface area (Å²) in [6.07, 6.45) is 0.294. The molecule has 10 nitrogen and oxygen atoms in total. The van der Waals surface area contributed by atoms with Crippen LogP contribution < -0.4 is 11.2 Å². The predicted molar refractivity (Wildman–Crippen MR) is 158 cm³/mol. The number of nitro groups is 1. The molecule has 1 aliphatic heterocycles. The molecule has 4 atom stereocenters. The number of benzene rings is 1. The standard InChI is InChI=1S/C23H34N3O7PS2SeSi/c1-15-13-25(22(28)24-21(15)27)20-12-17(18(32-20)14-31-38(6,7)23(2,3)4)33-34(5,35)37-36-19-11-9-8-10-16(19)26(29)30/h8-11,13,17-18,20H,12,14H2,1-7H3,(H,24,27,28)/t17-,18+,20+,34?/m0/s1. The van der Waals surface area contributed by atoms with E-state index in [-0.39, 0.29) is 30.7 Å². The first-order valence-corrected chi connectivity index (χ1v) is 23.1. The average Bonchev–Trinajstić information content (AvgIpc) is 3.19. The number of aromatic amines is 1. The predicted octanol–water partition coefficient (Wildman–Crippen LogP) is 4.80. The Balaban J connectivity index is 1.82.